The van der Waals surface area contributed by atoms with Crippen LogP contribution in [0.15, 0.2) is 67.0 Å². The summed E-state index contributed by atoms with van der Waals surface area (Å²) in [6.07, 6.45) is 3.47. The van der Waals surface area contributed by atoms with Gasteiger partial charge in [-0.2, -0.15) is 5.10 Å². The molecule has 0 bridgehead atoms. The molecule has 0 aliphatic heterocycles. The third-order valence-electron chi connectivity index (χ3n) is 5.42. The number of aryl methyl sites for hydroxylation is 2. The van der Waals surface area contributed by atoms with Gasteiger partial charge in [-0.25, -0.2) is 14.1 Å². The second kappa shape index (κ2) is 8.46. The SMILES string of the molecule is Cc1nn(-c2cccc(Cl)c2)c2sc(C(=O)NC(c3ccc(F)cc3)c3nccn3C)cc12. The van der Waals surface area contributed by atoms with Gasteiger partial charge in [0.1, 0.15) is 22.5 Å². The number of amides is 1. The molecule has 1 amide bonds. The number of rotatable bonds is 5. The molecule has 0 radical (unpaired) electrons. The van der Waals surface area contributed by atoms with Gasteiger partial charge < -0.3 is 9.88 Å². The Bertz CT molecular complexity index is 1470. The summed E-state index contributed by atoms with van der Waals surface area (Å²) in [6.45, 7) is 1.91. The lowest BCUT2D eigenvalue weighted by molar-refractivity contribution is 0.0945. The second-order valence-electron chi connectivity index (χ2n) is 7.66. The average molecular weight is 480 g/mol. The topological polar surface area (TPSA) is 64.7 Å². The van der Waals surface area contributed by atoms with E-state index in [4.69, 9.17) is 11.6 Å². The predicted molar refractivity (Wildman–Crippen MR) is 128 cm³/mol. The van der Waals surface area contributed by atoms with Crippen LogP contribution in [-0.2, 0) is 7.05 Å². The van der Waals surface area contributed by atoms with Crippen LogP contribution in [0.2, 0.25) is 5.02 Å². The number of carbonyl (C=O) groups excluding carboxylic acids is 1. The van der Waals surface area contributed by atoms with Crippen LogP contribution in [0.5, 0.6) is 0 Å². The molecule has 5 rings (SSSR count). The molecule has 3 aromatic heterocycles. The van der Waals surface area contributed by atoms with Crippen molar-refractivity contribution in [1.82, 2.24) is 24.6 Å². The van der Waals surface area contributed by atoms with Crippen LogP contribution < -0.4 is 5.32 Å². The van der Waals surface area contributed by atoms with Crippen LogP contribution in [0, 0.1) is 12.7 Å². The van der Waals surface area contributed by atoms with Crippen molar-refractivity contribution in [2.45, 2.75) is 13.0 Å². The maximum Gasteiger partial charge on any atom is 0.262 e. The molecule has 1 atom stereocenters. The van der Waals surface area contributed by atoms with E-state index in [1.807, 2.05) is 42.8 Å². The minimum atomic E-state index is -0.533. The molecule has 1 unspecified atom stereocenters. The van der Waals surface area contributed by atoms with Crippen molar-refractivity contribution in [2.24, 2.45) is 7.05 Å². The van der Waals surface area contributed by atoms with E-state index >= 15 is 0 Å². The van der Waals surface area contributed by atoms with Gasteiger partial charge in [0.15, 0.2) is 0 Å². The van der Waals surface area contributed by atoms with E-state index in [-0.39, 0.29) is 11.7 Å². The van der Waals surface area contributed by atoms with E-state index < -0.39 is 6.04 Å². The summed E-state index contributed by atoms with van der Waals surface area (Å²) in [5.41, 5.74) is 2.38. The largest absolute Gasteiger partial charge is 0.337 e. The fourth-order valence-corrected chi connectivity index (χ4v) is 5.02. The smallest absolute Gasteiger partial charge is 0.262 e. The Morgan fingerprint density at radius 1 is 1.18 bits per heavy atom. The molecule has 3 heterocycles. The van der Waals surface area contributed by atoms with Crippen molar-refractivity contribution < 1.29 is 9.18 Å². The van der Waals surface area contributed by atoms with Crippen LogP contribution in [0.1, 0.15) is 32.8 Å². The minimum Gasteiger partial charge on any atom is -0.337 e. The van der Waals surface area contributed by atoms with Crippen molar-refractivity contribution in [1.29, 1.82) is 0 Å². The summed E-state index contributed by atoms with van der Waals surface area (Å²) in [6, 6.07) is 14.8. The molecule has 0 saturated carbocycles. The Hall–Kier alpha value is -3.49. The van der Waals surface area contributed by atoms with Crippen LogP contribution in [0.4, 0.5) is 4.39 Å². The molecule has 0 aliphatic carbocycles. The predicted octanol–water partition coefficient (Wildman–Crippen LogP) is 5.44. The number of imidazole rings is 1. The maximum atomic E-state index is 13.5. The average Bonchev–Trinajstić information content (AvgIpc) is 3.49. The van der Waals surface area contributed by atoms with Crippen molar-refractivity contribution in [3.05, 3.63) is 99.8 Å². The summed E-state index contributed by atoms with van der Waals surface area (Å²) in [7, 11) is 1.85. The van der Waals surface area contributed by atoms with E-state index in [2.05, 4.69) is 15.4 Å². The summed E-state index contributed by atoms with van der Waals surface area (Å²) in [5, 5.41) is 9.20. The van der Waals surface area contributed by atoms with Crippen LogP contribution in [0.3, 0.4) is 0 Å². The Morgan fingerprint density at radius 3 is 2.67 bits per heavy atom. The molecular formula is C24H19ClFN5OS. The molecule has 6 nitrogen and oxygen atoms in total. The number of aromatic nitrogens is 4. The minimum absolute atomic E-state index is 0.245. The zero-order chi connectivity index (χ0) is 23.1. The van der Waals surface area contributed by atoms with E-state index in [0.717, 1.165) is 27.2 Å². The first-order valence-corrected chi connectivity index (χ1v) is 11.4. The second-order valence-corrected chi connectivity index (χ2v) is 9.13. The fourth-order valence-electron chi connectivity index (χ4n) is 3.75. The number of halogens is 2. The van der Waals surface area contributed by atoms with Gasteiger partial charge >= 0.3 is 0 Å². The number of fused-ring (bicyclic) bond motifs is 1. The van der Waals surface area contributed by atoms with Crippen LogP contribution in [-0.4, -0.2) is 25.2 Å². The third kappa shape index (κ3) is 4.03. The fraction of sp³-hybridized carbons (Fsp3) is 0.125. The van der Waals surface area contributed by atoms with Gasteiger partial charge in [0, 0.05) is 29.9 Å². The first-order chi connectivity index (χ1) is 15.9. The molecule has 2 aromatic carbocycles. The lowest BCUT2D eigenvalue weighted by Gasteiger charge is -2.19. The standard InChI is InChI=1S/C24H19ClFN5OS/c1-14-19-13-20(33-24(19)31(29-14)18-5-3-4-16(25)12-18)23(32)28-21(22-27-10-11-30(22)2)15-6-8-17(26)9-7-15/h3-13,21H,1-2H3,(H,28,32). The number of hydrogen-bond acceptors (Lipinski definition) is 4. The van der Waals surface area contributed by atoms with E-state index in [1.165, 1.54) is 23.5 Å². The van der Waals surface area contributed by atoms with Crippen LogP contribution >= 0.6 is 22.9 Å². The lowest BCUT2D eigenvalue weighted by Crippen LogP contribution is -2.30. The maximum absolute atomic E-state index is 13.5. The normalized spacial score (nSPS) is 12.2. The zero-order valence-corrected chi connectivity index (χ0v) is 19.4. The molecule has 0 saturated heterocycles. The molecule has 0 aliphatic rings. The first-order valence-electron chi connectivity index (χ1n) is 10.2. The Morgan fingerprint density at radius 2 is 1.97 bits per heavy atom. The summed E-state index contributed by atoms with van der Waals surface area (Å²) in [4.78, 5) is 19.1. The number of hydrogen-bond donors (Lipinski definition) is 1. The number of nitrogens with zero attached hydrogens (tertiary/aromatic N) is 4. The Kier molecular flexibility index (Phi) is 5.47. The molecule has 1 N–H and O–H groups in total. The number of nitrogens with one attached hydrogen (secondary N) is 1. The van der Waals surface area contributed by atoms with Crippen molar-refractivity contribution in [3.8, 4) is 5.69 Å². The highest BCUT2D eigenvalue weighted by Crippen LogP contribution is 2.32. The van der Waals surface area contributed by atoms with Gasteiger partial charge in [0.05, 0.1) is 16.3 Å². The molecule has 166 valence electrons. The van der Waals surface area contributed by atoms with Crippen molar-refractivity contribution in [2.75, 3.05) is 0 Å². The molecule has 5 aromatic rings. The van der Waals surface area contributed by atoms with Gasteiger partial charge in [-0.1, -0.05) is 29.8 Å². The van der Waals surface area contributed by atoms with E-state index in [1.54, 1.807) is 35.3 Å². The summed E-state index contributed by atoms with van der Waals surface area (Å²) < 4.78 is 17.1. The zero-order valence-electron chi connectivity index (χ0n) is 17.8. The van der Waals surface area contributed by atoms with Crippen LogP contribution in [0.25, 0.3) is 15.9 Å². The van der Waals surface area contributed by atoms with Crippen molar-refractivity contribution in [3.63, 3.8) is 0 Å². The molecule has 0 fully saturated rings. The molecular weight excluding hydrogens is 461 g/mol. The lowest BCUT2D eigenvalue weighted by atomic mass is 10.1. The van der Waals surface area contributed by atoms with Crippen molar-refractivity contribution >= 4 is 39.1 Å². The number of benzene rings is 2. The van der Waals surface area contributed by atoms with Gasteiger partial charge in [-0.05, 0) is 48.9 Å². The summed E-state index contributed by atoms with van der Waals surface area (Å²) in [5.74, 6) is 0.0668. The van der Waals surface area contributed by atoms with E-state index in [9.17, 15) is 9.18 Å². The highest BCUT2D eigenvalue weighted by atomic mass is 35.5. The quantitative estimate of drug-likeness (QED) is 0.365. The molecule has 33 heavy (non-hydrogen) atoms. The highest BCUT2D eigenvalue weighted by Gasteiger charge is 2.24. The Labute approximate surface area is 198 Å². The number of thiophene rings is 1. The third-order valence-corrected chi connectivity index (χ3v) is 6.76. The van der Waals surface area contributed by atoms with E-state index in [0.29, 0.717) is 15.7 Å². The van der Waals surface area contributed by atoms with Gasteiger partial charge in [-0.15, -0.1) is 11.3 Å². The molecule has 9 heteroatoms. The first kappa shape index (κ1) is 21.4. The van der Waals surface area contributed by atoms with Gasteiger partial charge in [-0.3, -0.25) is 4.79 Å². The summed E-state index contributed by atoms with van der Waals surface area (Å²) >= 11 is 7.51. The molecule has 0 spiro atoms. The Balaban J connectivity index is 1.51. The van der Waals surface area contributed by atoms with Gasteiger partial charge in [0.2, 0.25) is 0 Å². The highest BCUT2D eigenvalue weighted by molar-refractivity contribution is 7.20. The van der Waals surface area contributed by atoms with Gasteiger partial charge in [0.25, 0.3) is 5.91 Å². The monoisotopic (exact) mass is 479 g/mol. The number of carbonyl (C=O) groups is 1.